The average Bonchev–Trinajstić information content (AvgIpc) is 0.777. The molecule has 9 heteroatoms. The fourth-order valence-corrected chi connectivity index (χ4v) is 18.5. The van der Waals surface area contributed by atoms with E-state index < -0.39 is 0 Å². The van der Waals surface area contributed by atoms with Gasteiger partial charge < -0.3 is 14.4 Å². The maximum Gasteiger partial charge on any atom is 0.0701 e. The van der Waals surface area contributed by atoms with E-state index in [1.54, 1.807) is 0 Å². The summed E-state index contributed by atoms with van der Waals surface area (Å²) in [4.78, 5) is 17.7. The number of hydrogen-bond acceptors (Lipinski definition) is 9. The Morgan fingerprint density at radius 3 is 0.926 bits per heavy atom. The molecule has 6 rings (SSSR count). The lowest BCUT2D eigenvalue weighted by atomic mass is 9.58. The summed E-state index contributed by atoms with van der Waals surface area (Å²) in [5, 5.41) is 0. The molecule has 0 spiro atoms. The fraction of sp³-hybridized carbons (Fsp3) is 0.786. The predicted molar refractivity (Wildman–Crippen MR) is 537 cm³/mol. The summed E-state index contributed by atoms with van der Waals surface area (Å²) >= 11 is 0. The summed E-state index contributed by atoms with van der Waals surface area (Å²) in [6, 6.07) is 43.6. The second kappa shape index (κ2) is 52.2. The minimum atomic E-state index is 0.0618. The first-order chi connectivity index (χ1) is 55.6. The van der Waals surface area contributed by atoms with Crippen LogP contribution in [-0.4, -0.2) is 167 Å². The van der Waals surface area contributed by atoms with Crippen molar-refractivity contribution >= 4 is 0 Å². The third-order valence-corrected chi connectivity index (χ3v) is 27.9. The first-order valence-electron chi connectivity index (χ1n) is 49.1. The Balaban J connectivity index is 0.000000519. The van der Waals surface area contributed by atoms with Crippen LogP contribution in [0.3, 0.4) is 0 Å². The zero-order valence-electron chi connectivity index (χ0n) is 88.0. The van der Waals surface area contributed by atoms with E-state index in [0.29, 0.717) is 40.3 Å². The summed E-state index contributed by atoms with van der Waals surface area (Å²) in [7, 11) is 4.51. The van der Waals surface area contributed by atoms with Gasteiger partial charge in [0.05, 0.1) is 38.5 Å². The molecule has 0 aliphatic heterocycles. The van der Waals surface area contributed by atoms with Crippen molar-refractivity contribution < 1.29 is 9.47 Å². The van der Waals surface area contributed by atoms with Crippen LogP contribution in [0.1, 0.15) is 381 Å². The lowest BCUT2D eigenvalue weighted by Gasteiger charge is -2.49. The van der Waals surface area contributed by atoms with Crippen molar-refractivity contribution in [1.82, 2.24) is 34.3 Å². The Morgan fingerprint density at radius 2 is 0.645 bits per heavy atom. The van der Waals surface area contributed by atoms with Crippen LogP contribution in [0.2, 0.25) is 0 Å². The van der Waals surface area contributed by atoms with E-state index in [9.17, 15) is 0 Å². The second-order valence-electron chi connectivity index (χ2n) is 48.7. The average molecular weight is 1680 g/mol. The number of rotatable bonds is 35. The van der Waals surface area contributed by atoms with Gasteiger partial charge in [-0.05, 0) is 288 Å². The first kappa shape index (κ1) is 114. The second-order valence-corrected chi connectivity index (χ2v) is 48.7. The van der Waals surface area contributed by atoms with Crippen LogP contribution in [0.25, 0.3) is 0 Å². The van der Waals surface area contributed by atoms with Crippen molar-refractivity contribution in [3.05, 3.63) is 144 Å². The highest BCUT2D eigenvalue weighted by molar-refractivity contribution is 5.29. The maximum atomic E-state index is 5.89. The zero-order chi connectivity index (χ0) is 92.4. The van der Waals surface area contributed by atoms with Crippen molar-refractivity contribution in [2.75, 3.05) is 99.4 Å². The van der Waals surface area contributed by atoms with Crippen LogP contribution >= 0.6 is 0 Å². The predicted octanol–water partition coefficient (Wildman–Crippen LogP) is 29.8. The molecule has 9 atom stereocenters. The Hall–Kier alpha value is -3.48. The molecule has 2 aliphatic carbocycles. The molecule has 0 saturated heterocycles. The van der Waals surface area contributed by atoms with E-state index in [1.807, 2.05) is 0 Å². The van der Waals surface area contributed by atoms with Crippen LogP contribution in [0.15, 0.2) is 121 Å². The van der Waals surface area contributed by atoms with Crippen LogP contribution < -0.4 is 0 Å². The van der Waals surface area contributed by atoms with Crippen LogP contribution in [0, 0.1) is 68.5 Å². The Morgan fingerprint density at radius 1 is 0.331 bits per heavy atom. The summed E-state index contributed by atoms with van der Waals surface area (Å²) in [5.74, 6) is 6.42. The summed E-state index contributed by atoms with van der Waals surface area (Å²) in [6.45, 7) is 104. The van der Waals surface area contributed by atoms with Crippen molar-refractivity contribution in [3.8, 4) is 0 Å². The molecular formula is C112H205N7O2. The van der Waals surface area contributed by atoms with Crippen molar-refractivity contribution in [3.63, 3.8) is 0 Å². The molecule has 2 saturated carbocycles. The Kier molecular flexibility index (Phi) is 49.0. The van der Waals surface area contributed by atoms with Crippen molar-refractivity contribution in [2.24, 2.45) is 68.5 Å². The van der Waals surface area contributed by atoms with E-state index in [4.69, 9.17) is 9.47 Å². The van der Waals surface area contributed by atoms with Gasteiger partial charge in [-0.25, -0.2) is 0 Å². The topological polar surface area (TPSA) is 41.1 Å². The largest absolute Gasteiger partial charge is 0.378 e. The highest BCUT2D eigenvalue weighted by atomic mass is 16.5. The van der Waals surface area contributed by atoms with Gasteiger partial charge in [0.25, 0.3) is 0 Å². The minimum Gasteiger partial charge on any atom is -0.378 e. The van der Waals surface area contributed by atoms with Crippen LogP contribution in [0.4, 0.5) is 0 Å². The summed E-state index contributed by atoms with van der Waals surface area (Å²) in [6.07, 6.45) is 18.9. The number of nitrogens with zero attached hydrogens (tertiary/aromatic N) is 7. The van der Waals surface area contributed by atoms with E-state index in [0.717, 1.165) is 114 Å². The Labute approximate surface area is 755 Å². The van der Waals surface area contributed by atoms with Crippen molar-refractivity contribution in [1.29, 1.82) is 0 Å². The molecular weight excluding hydrogens is 1480 g/mol. The quantitative estimate of drug-likeness (QED) is 0.0419. The van der Waals surface area contributed by atoms with Gasteiger partial charge in [-0.2, -0.15) is 0 Å². The van der Waals surface area contributed by atoms with Gasteiger partial charge in [-0.3, -0.25) is 29.4 Å². The van der Waals surface area contributed by atoms with E-state index in [-0.39, 0.29) is 45.3 Å². The van der Waals surface area contributed by atoms with Crippen molar-refractivity contribution in [2.45, 2.75) is 405 Å². The number of ether oxygens (including phenoxy) is 2. The molecule has 2 aliphatic rings. The van der Waals surface area contributed by atoms with Gasteiger partial charge in [0.15, 0.2) is 0 Å². The SMILES string of the molecule is CC(C)(C)CCC[C@@H]1CCCC[C@@H]1C(CCC(C)(C)C)C(C)(C)C.CC(C)(C)N(CCOCCOCCN(Cc1ccccc1)C(C)(C)C)Cc1ccccc1.CC([C@H]1CCCC[C@H]1C(C)C(C)(C)C)C(C)(C)C.CCN(CCN(CC)C(C)(C)C)CCN(CC)C(C)(C)C.CN([C@@H](c1ccccc1)[C@H](c1ccccc1)N(C)C(C)(C)C)C(C)(C)C. The van der Waals surface area contributed by atoms with Crippen LogP contribution in [-0.2, 0) is 22.6 Å². The lowest BCUT2D eigenvalue weighted by Crippen LogP contribution is -2.50. The third kappa shape index (κ3) is 44.9. The number of benzene rings is 4. The molecule has 0 aromatic heterocycles. The molecule has 3 unspecified atom stereocenters. The molecule has 121 heavy (non-hydrogen) atoms. The summed E-state index contributed by atoms with van der Waals surface area (Å²) < 4.78 is 11.8. The molecule has 2 fully saturated rings. The number of likely N-dealkylation sites (N-methyl/N-ethyl adjacent to an activating group) is 5. The molecule has 0 radical (unpaired) electrons. The monoisotopic (exact) mass is 1680 g/mol. The smallest absolute Gasteiger partial charge is 0.0701 e. The lowest BCUT2D eigenvalue weighted by molar-refractivity contribution is 0.0102. The van der Waals surface area contributed by atoms with Gasteiger partial charge in [0.1, 0.15) is 0 Å². The molecule has 9 nitrogen and oxygen atoms in total. The van der Waals surface area contributed by atoms with Crippen LogP contribution in [0.5, 0.6) is 0 Å². The molecule has 0 bridgehead atoms. The summed E-state index contributed by atoms with van der Waals surface area (Å²) in [5.41, 5.74) is 8.60. The van der Waals surface area contributed by atoms with Gasteiger partial charge in [0.2, 0.25) is 0 Å². The molecule has 0 amide bonds. The highest BCUT2D eigenvalue weighted by Crippen LogP contribution is 2.51. The van der Waals surface area contributed by atoms with Gasteiger partial charge in [-0.15, -0.1) is 0 Å². The van der Waals surface area contributed by atoms with Gasteiger partial charge in [0, 0.05) is 85.6 Å². The molecule has 4 aromatic rings. The van der Waals surface area contributed by atoms with Gasteiger partial charge >= 0.3 is 0 Å². The fourth-order valence-electron chi connectivity index (χ4n) is 18.5. The normalized spacial score (nSPS) is 18.4. The maximum absolute atomic E-state index is 5.89. The van der Waals surface area contributed by atoms with E-state index in [1.165, 1.54) is 119 Å². The third-order valence-electron chi connectivity index (χ3n) is 27.9. The zero-order valence-corrected chi connectivity index (χ0v) is 88.0. The molecule has 0 heterocycles. The van der Waals surface area contributed by atoms with E-state index in [2.05, 4.69) is 433 Å². The van der Waals surface area contributed by atoms with E-state index >= 15 is 0 Å². The molecule has 0 N–H and O–H groups in total. The highest BCUT2D eigenvalue weighted by Gasteiger charge is 2.43. The minimum absolute atomic E-state index is 0.0618. The molecule has 4 aromatic carbocycles. The standard InChI is InChI=1S/C28H44N2O2.C24H36N2.C24H48.C18H41N3.C18H36/c1-27(2,3)29(23-25-13-9-7-10-14-25)17-19-31-21-22-32-20-18-30(28(4,5)6)24-26-15-11-8-12-16-26;1-23(2,3)25(7)21(19-15-11-9-12-16-19)22(26(8)24(4,5)6)20-17-13-10-14-18-20;1-22(2,3)17-12-14-19-13-10-11-15-20(19)21(24(7,8)9)16-18-23(4,5)6;1-10-19(13-15-20(11-2)17(4,5)6)14-16-21(12-3)18(7,8)9;1-13(17(3,4)5)15-11-9-10-12-16(15)14(2)18(6,7)8/h7-16H,17-24H2,1-6H3;9-18,21-22H,1-8H3;19-21H,10-18H2,1-9H3;10-16H2,1-9H3;13-16H,9-12H2,1-8H3/t;21-,22-;19-,20-,21?;;13?,14?,15-,16+/m.00../s1. The molecule has 700 valence electrons. The number of hydrogen-bond donors (Lipinski definition) is 0. The first-order valence-corrected chi connectivity index (χ1v) is 49.1. The Bertz CT molecular complexity index is 3060. The van der Waals surface area contributed by atoms with Gasteiger partial charge in [-0.1, -0.05) is 305 Å².